The molecule has 4 nitrogen and oxygen atoms in total. The van der Waals surface area contributed by atoms with E-state index in [-0.39, 0.29) is 16.4 Å². The highest BCUT2D eigenvalue weighted by Crippen LogP contribution is 2.22. The largest absolute Gasteiger partial charge is 0.396 e. The highest BCUT2D eigenvalue weighted by Gasteiger charge is 2.34. The summed E-state index contributed by atoms with van der Waals surface area (Å²) in [5.74, 6) is 0. The van der Waals surface area contributed by atoms with Gasteiger partial charge in [-0.15, -0.1) is 0 Å². The summed E-state index contributed by atoms with van der Waals surface area (Å²) in [6, 6.07) is -0.256. The SMILES string of the molecule is CC1C(Br)=C(N)C(=N)C(Br)=[N+]1O. The minimum absolute atomic E-state index is 0.0856. The lowest BCUT2D eigenvalue weighted by Crippen LogP contribution is -2.37. The summed E-state index contributed by atoms with van der Waals surface area (Å²) in [7, 11) is 0. The first-order valence-electron chi connectivity index (χ1n) is 3.21. The first kappa shape index (κ1) is 9.73. The van der Waals surface area contributed by atoms with Crippen molar-refractivity contribution in [1.29, 1.82) is 5.41 Å². The Kier molecular flexibility index (Phi) is 2.58. The van der Waals surface area contributed by atoms with E-state index in [0.717, 1.165) is 4.74 Å². The molecule has 66 valence electrons. The molecule has 0 amide bonds. The average molecular weight is 298 g/mol. The molecule has 0 saturated heterocycles. The molecule has 1 unspecified atom stereocenters. The zero-order chi connectivity index (χ0) is 9.46. The van der Waals surface area contributed by atoms with Crippen molar-refractivity contribution >= 4 is 42.2 Å². The van der Waals surface area contributed by atoms with Gasteiger partial charge in [0.2, 0.25) is 6.04 Å². The number of hydrogen-bond acceptors (Lipinski definition) is 3. The molecule has 0 aromatic heterocycles. The Morgan fingerprint density at radius 2 is 2.08 bits per heavy atom. The number of nitrogens with zero attached hydrogens (tertiary/aromatic N) is 1. The van der Waals surface area contributed by atoms with Crippen molar-refractivity contribution in [3.8, 4) is 0 Å². The third-order valence-electron chi connectivity index (χ3n) is 1.67. The fraction of sp³-hybridized carbons (Fsp3) is 0.333. The van der Waals surface area contributed by atoms with Crippen molar-refractivity contribution < 1.29 is 9.95 Å². The molecule has 0 radical (unpaired) electrons. The summed E-state index contributed by atoms with van der Waals surface area (Å²) >= 11 is 6.27. The molecule has 4 N–H and O–H groups in total. The zero-order valence-corrected chi connectivity index (χ0v) is 9.48. The molecule has 0 aromatic carbocycles. The number of hydrogen-bond donors (Lipinski definition) is 3. The van der Waals surface area contributed by atoms with Gasteiger partial charge in [-0.2, -0.15) is 0 Å². The lowest BCUT2D eigenvalue weighted by Gasteiger charge is -2.13. The van der Waals surface area contributed by atoms with Crippen LogP contribution in [0.25, 0.3) is 0 Å². The van der Waals surface area contributed by atoms with Gasteiger partial charge in [0.15, 0.2) is 5.71 Å². The van der Waals surface area contributed by atoms with Crippen molar-refractivity contribution in [1.82, 2.24) is 0 Å². The van der Waals surface area contributed by atoms with E-state index in [9.17, 15) is 5.21 Å². The number of nitrogens with one attached hydrogen (secondary N) is 1. The first-order chi connectivity index (χ1) is 5.46. The second-order valence-electron chi connectivity index (χ2n) is 2.45. The fourth-order valence-electron chi connectivity index (χ4n) is 0.848. The Morgan fingerprint density at radius 3 is 2.58 bits per heavy atom. The Hall–Kier alpha value is -0.360. The fourth-order valence-corrected chi connectivity index (χ4v) is 1.76. The van der Waals surface area contributed by atoms with Gasteiger partial charge < -0.3 is 5.73 Å². The minimum Gasteiger partial charge on any atom is -0.396 e. The standard InChI is InChI=1S/C6H8Br2N3O/c1-2-3(7)4(9)5(10)6(8)11(2)12/h2,10,12H,9H2,1H3/q+1. The van der Waals surface area contributed by atoms with Gasteiger partial charge in [-0.05, 0) is 20.7 Å². The molecular formula is C6H8Br2N3O+. The second-order valence-corrected chi connectivity index (χ2v) is 4.05. The molecule has 1 aliphatic rings. The van der Waals surface area contributed by atoms with Crippen LogP contribution < -0.4 is 5.73 Å². The van der Waals surface area contributed by atoms with E-state index in [1.807, 2.05) is 0 Å². The molecule has 0 saturated carbocycles. The van der Waals surface area contributed by atoms with Crippen LogP contribution in [-0.4, -0.2) is 26.3 Å². The third-order valence-corrected chi connectivity index (χ3v) is 3.52. The molecule has 0 aliphatic carbocycles. The summed E-state index contributed by atoms with van der Waals surface area (Å²) < 4.78 is 1.86. The lowest BCUT2D eigenvalue weighted by atomic mass is 10.1. The van der Waals surface area contributed by atoms with Gasteiger partial charge in [-0.1, -0.05) is 0 Å². The summed E-state index contributed by atoms with van der Waals surface area (Å²) in [4.78, 5) is 0. The smallest absolute Gasteiger partial charge is 0.319 e. The van der Waals surface area contributed by atoms with Gasteiger partial charge in [-0.25, -0.2) is 0 Å². The lowest BCUT2D eigenvalue weighted by molar-refractivity contribution is -0.788. The van der Waals surface area contributed by atoms with Gasteiger partial charge in [0.05, 0.1) is 10.2 Å². The van der Waals surface area contributed by atoms with Crippen LogP contribution in [0.1, 0.15) is 6.92 Å². The van der Waals surface area contributed by atoms with Crippen LogP contribution in [0.3, 0.4) is 0 Å². The molecule has 1 atom stereocenters. The van der Waals surface area contributed by atoms with Crippen molar-refractivity contribution in [2.24, 2.45) is 5.73 Å². The Bertz CT molecular complexity index is 280. The summed E-state index contributed by atoms with van der Waals surface area (Å²) in [5, 5.41) is 16.8. The van der Waals surface area contributed by atoms with Crippen molar-refractivity contribution in [3.63, 3.8) is 0 Å². The van der Waals surface area contributed by atoms with Crippen molar-refractivity contribution in [3.05, 3.63) is 10.2 Å². The number of hydroxylamine groups is 1. The number of halogens is 2. The van der Waals surface area contributed by atoms with Crippen LogP contribution in [-0.2, 0) is 0 Å². The Labute approximate surface area is 86.5 Å². The minimum atomic E-state index is -0.256. The predicted octanol–water partition coefficient (Wildman–Crippen LogP) is 1.17. The third kappa shape index (κ3) is 1.29. The highest BCUT2D eigenvalue weighted by atomic mass is 79.9. The number of nitrogens with two attached hydrogens (primary N) is 1. The molecule has 12 heavy (non-hydrogen) atoms. The van der Waals surface area contributed by atoms with E-state index >= 15 is 0 Å². The van der Waals surface area contributed by atoms with Gasteiger partial charge in [-0.3, -0.25) is 10.6 Å². The van der Waals surface area contributed by atoms with E-state index in [1.165, 1.54) is 0 Å². The van der Waals surface area contributed by atoms with Crippen molar-refractivity contribution in [2.75, 3.05) is 0 Å². The first-order valence-corrected chi connectivity index (χ1v) is 4.80. The molecule has 0 aromatic rings. The maximum atomic E-state index is 9.39. The van der Waals surface area contributed by atoms with Gasteiger partial charge in [0, 0.05) is 22.9 Å². The van der Waals surface area contributed by atoms with E-state index in [1.54, 1.807) is 6.92 Å². The molecule has 1 aliphatic heterocycles. The number of allylic oxidation sites excluding steroid dienone is 1. The van der Waals surface area contributed by atoms with Gasteiger partial charge in [0.25, 0.3) is 0 Å². The molecule has 0 spiro atoms. The molecule has 0 bridgehead atoms. The number of rotatable bonds is 0. The van der Waals surface area contributed by atoms with Gasteiger partial charge in [0.1, 0.15) is 0 Å². The van der Waals surface area contributed by atoms with Crippen LogP contribution in [0, 0.1) is 5.41 Å². The van der Waals surface area contributed by atoms with Gasteiger partial charge >= 0.3 is 4.62 Å². The monoisotopic (exact) mass is 296 g/mol. The molecule has 1 heterocycles. The van der Waals surface area contributed by atoms with Crippen LogP contribution in [0.4, 0.5) is 0 Å². The van der Waals surface area contributed by atoms with Crippen molar-refractivity contribution in [2.45, 2.75) is 13.0 Å². The molecule has 1 rings (SSSR count). The predicted molar refractivity (Wildman–Crippen MR) is 53.3 cm³/mol. The van der Waals surface area contributed by atoms with E-state index in [4.69, 9.17) is 11.1 Å². The van der Waals surface area contributed by atoms with E-state index < -0.39 is 0 Å². The average Bonchev–Trinajstić information content (AvgIpc) is 2.08. The Morgan fingerprint density at radius 1 is 1.58 bits per heavy atom. The van der Waals surface area contributed by atoms with Crippen LogP contribution >= 0.6 is 31.9 Å². The molecule has 6 heteroatoms. The normalized spacial score (nSPS) is 25.2. The summed E-state index contributed by atoms with van der Waals surface area (Å²) in [6.07, 6.45) is 0. The van der Waals surface area contributed by atoms with E-state index in [0.29, 0.717) is 10.2 Å². The van der Waals surface area contributed by atoms with Crippen LogP contribution in [0.2, 0.25) is 0 Å². The second kappa shape index (κ2) is 3.18. The van der Waals surface area contributed by atoms with E-state index in [2.05, 4.69) is 31.9 Å². The summed E-state index contributed by atoms with van der Waals surface area (Å²) in [6.45, 7) is 1.77. The zero-order valence-electron chi connectivity index (χ0n) is 6.31. The van der Waals surface area contributed by atoms with Crippen LogP contribution in [0.5, 0.6) is 0 Å². The molecule has 0 fully saturated rings. The maximum Gasteiger partial charge on any atom is 0.319 e. The molecular weight excluding hydrogens is 290 g/mol. The topological polar surface area (TPSA) is 73.1 Å². The maximum absolute atomic E-state index is 9.39. The highest BCUT2D eigenvalue weighted by molar-refractivity contribution is 9.19. The quantitative estimate of drug-likeness (QED) is 0.464. The van der Waals surface area contributed by atoms with Crippen LogP contribution in [0.15, 0.2) is 10.2 Å². The summed E-state index contributed by atoms with van der Waals surface area (Å²) in [5.41, 5.74) is 6.02. The Balaban J connectivity index is 3.22.